The molecule has 150 valence electrons. The number of anilines is 2. The van der Waals surface area contributed by atoms with E-state index >= 15 is 0 Å². The Balaban J connectivity index is 1.82. The lowest BCUT2D eigenvalue weighted by molar-refractivity contribution is -0.111. The highest BCUT2D eigenvalue weighted by Gasteiger charge is 2.21. The van der Waals surface area contributed by atoms with E-state index in [0.29, 0.717) is 16.5 Å². The minimum absolute atomic E-state index is 0.122. The summed E-state index contributed by atoms with van der Waals surface area (Å²) in [5.41, 5.74) is 0.628. The molecule has 0 aliphatic heterocycles. The van der Waals surface area contributed by atoms with Crippen molar-refractivity contribution in [3.8, 4) is 5.75 Å². The maximum absolute atomic E-state index is 12.8. The highest BCUT2D eigenvalue weighted by Crippen LogP contribution is 2.29. The van der Waals surface area contributed by atoms with Gasteiger partial charge in [-0.3, -0.25) is 9.52 Å². The standard InChI is InChI=1S/C20H17ClN2O5S/c1-27-18-10-8-16(22-20(24)11-9-17-3-2-12-28-17)13-19(18)29(25,26)23-15-6-4-14(21)5-7-15/h2-13,23H,1H3,(H,22,24)/b11-9+. The molecule has 0 unspecified atom stereocenters. The van der Waals surface area contributed by atoms with Crippen molar-refractivity contribution in [2.24, 2.45) is 0 Å². The first-order valence-electron chi connectivity index (χ1n) is 8.36. The van der Waals surface area contributed by atoms with E-state index in [4.69, 9.17) is 20.8 Å². The van der Waals surface area contributed by atoms with Crippen molar-refractivity contribution in [1.29, 1.82) is 0 Å². The Kier molecular flexibility index (Phi) is 6.26. The third-order valence-corrected chi connectivity index (χ3v) is 5.41. The summed E-state index contributed by atoms with van der Waals surface area (Å²) in [5, 5.41) is 3.09. The summed E-state index contributed by atoms with van der Waals surface area (Å²) in [4.78, 5) is 12.0. The van der Waals surface area contributed by atoms with Crippen LogP contribution < -0.4 is 14.8 Å². The van der Waals surface area contributed by atoms with E-state index in [2.05, 4.69) is 10.0 Å². The second kappa shape index (κ2) is 8.85. The van der Waals surface area contributed by atoms with Gasteiger partial charge in [-0.15, -0.1) is 0 Å². The van der Waals surface area contributed by atoms with Gasteiger partial charge in [-0.2, -0.15) is 0 Å². The molecule has 0 spiro atoms. The number of amides is 1. The van der Waals surface area contributed by atoms with Crippen LogP contribution in [0.4, 0.5) is 11.4 Å². The van der Waals surface area contributed by atoms with Gasteiger partial charge in [0.1, 0.15) is 16.4 Å². The molecule has 2 N–H and O–H groups in total. The van der Waals surface area contributed by atoms with Gasteiger partial charge in [0.2, 0.25) is 5.91 Å². The van der Waals surface area contributed by atoms with Crippen molar-refractivity contribution in [2.45, 2.75) is 4.90 Å². The van der Waals surface area contributed by atoms with Crippen LogP contribution in [-0.4, -0.2) is 21.4 Å². The molecule has 0 radical (unpaired) electrons. The van der Waals surface area contributed by atoms with E-state index < -0.39 is 15.9 Å². The van der Waals surface area contributed by atoms with Crippen LogP contribution in [-0.2, 0) is 14.8 Å². The Hall–Kier alpha value is -3.23. The molecule has 0 fully saturated rings. The molecule has 1 heterocycles. The number of carbonyl (C=O) groups is 1. The lowest BCUT2D eigenvalue weighted by atomic mass is 10.3. The van der Waals surface area contributed by atoms with E-state index in [1.165, 1.54) is 49.8 Å². The van der Waals surface area contributed by atoms with Crippen molar-refractivity contribution in [2.75, 3.05) is 17.1 Å². The van der Waals surface area contributed by atoms with Crippen LogP contribution in [0.25, 0.3) is 6.08 Å². The number of hydrogen-bond donors (Lipinski definition) is 2. The number of carbonyl (C=O) groups excluding carboxylic acids is 1. The minimum Gasteiger partial charge on any atom is -0.495 e. The third kappa shape index (κ3) is 5.40. The van der Waals surface area contributed by atoms with Crippen LogP contribution in [0.2, 0.25) is 5.02 Å². The van der Waals surface area contributed by atoms with Gasteiger partial charge in [-0.05, 0) is 60.7 Å². The van der Waals surface area contributed by atoms with Gasteiger partial charge in [0, 0.05) is 22.5 Å². The fraction of sp³-hybridized carbons (Fsp3) is 0.0500. The lowest BCUT2D eigenvalue weighted by Gasteiger charge is -2.13. The van der Waals surface area contributed by atoms with Gasteiger partial charge in [0.25, 0.3) is 10.0 Å². The number of methoxy groups -OCH3 is 1. The Bertz CT molecular complexity index is 1120. The van der Waals surface area contributed by atoms with Crippen molar-refractivity contribution >= 4 is 45.0 Å². The molecular formula is C20H17ClN2O5S. The number of sulfonamides is 1. The van der Waals surface area contributed by atoms with Crippen molar-refractivity contribution in [3.05, 3.63) is 77.7 Å². The van der Waals surface area contributed by atoms with E-state index in [0.717, 1.165) is 0 Å². The molecule has 0 bridgehead atoms. The molecule has 3 rings (SSSR count). The van der Waals surface area contributed by atoms with E-state index in [9.17, 15) is 13.2 Å². The van der Waals surface area contributed by atoms with Crippen LogP contribution >= 0.6 is 11.6 Å². The van der Waals surface area contributed by atoms with Crippen molar-refractivity contribution < 1.29 is 22.4 Å². The second-order valence-corrected chi connectivity index (χ2v) is 7.90. The Morgan fingerprint density at radius 3 is 2.48 bits per heavy atom. The van der Waals surface area contributed by atoms with Gasteiger partial charge in [-0.25, -0.2) is 8.42 Å². The molecule has 9 heteroatoms. The van der Waals surface area contributed by atoms with E-state index in [1.807, 2.05) is 0 Å². The second-order valence-electron chi connectivity index (χ2n) is 5.82. The summed E-state index contributed by atoms with van der Waals surface area (Å²) >= 11 is 5.83. The molecule has 7 nitrogen and oxygen atoms in total. The molecule has 1 amide bonds. The van der Waals surface area contributed by atoms with Crippen LogP contribution in [0.15, 0.2) is 76.2 Å². The van der Waals surface area contributed by atoms with Crippen LogP contribution in [0, 0.1) is 0 Å². The average molecular weight is 433 g/mol. The Morgan fingerprint density at radius 1 is 1.10 bits per heavy atom. The number of furan rings is 1. The molecule has 3 aromatic rings. The summed E-state index contributed by atoms with van der Waals surface area (Å²) in [6.45, 7) is 0. The molecular weight excluding hydrogens is 416 g/mol. The first-order chi connectivity index (χ1) is 13.9. The summed E-state index contributed by atoms with van der Waals surface area (Å²) in [6.07, 6.45) is 4.27. The monoisotopic (exact) mass is 432 g/mol. The summed E-state index contributed by atoms with van der Waals surface area (Å²) in [6, 6.07) is 13.9. The number of ether oxygens (including phenoxy) is 1. The predicted molar refractivity (Wildman–Crippen MR) is 112 cm³/mol. The largest absolute Gasteiger partial charge is 0.495 e. The maximum atomic E-state index is 12.8. The Labute approximate surface area is 173 Å². The lowest BCUT2D eigenvalue weighted by Crippen LogP contribution is -2.15. The number of benzene rings is 2. The van der Waals surface area contributed by atoms with Gasteiger partial charge in [-0.1, -0.05) is 11.6 Å². The molecule has 0 aliphatic rings. The summed E-state index contributed by atoms with van der Waals surface area (Å²) in [5.74, 6) is 0.210. The topological polar surface area (TPSA) is 97.6 Å². The van der Waals surface area contributed by atoms with Gasteiger partial charge in [0.15, 0.2) is 0 Å². The maximum Gasteiger partial charge on any atom is 0.265 e. The number of rotatable bonds is 7. The minimum atomic E-state index is -3.98. The van der Waals surface area contributed by atoms with Crippen LogP contribution in [0.3, 0.4) is 0 Å². The van der Waals surface area contributed by atoms with Gasteiger partial charge in [0.05, 0.1) is 13.4 Å². The molecule has 0 saturated carbocycles. The van der Waals surface area contributed by atoms with Crippen LogP contribution in [0.1, 0.15) is 5.76 Å². The van der Waals surface area contributed by atoms with Crippen LogP contribution in [0.5, 0.6) is 5.75 Å². The summed E-state index contributed by atoms with van der Waals surface area (Å²) in [7, 11) is -2.62. The Morgan fingerprint density at radius 2 is 1.83 bits per heavy atom. The van der Waals surface area contributed by atoms with Gasteiger partial charge >= 0.3 is 0 Å². The normalized spacial score (nSPS) is 11.4. The highest BCUT2D eigenvalue weighted by molar-refractivity contribution is 7.92. The van der Waals surface area contributed by atoms with Crippen molar-refractivity contribution in [3.63, 3.8) is 0 Å². The van der Waals surface area contributed by atoms with Crippen molar-refractivity contribution in [1.82, 2.24) is 0 Å². The SMILES string of the molecule is COc1ccc(NC(=O)/C=C/c2ccco2)cc1S(=O)(=O)Nc1ccc(Cl)cc1. The number of halogens is 1. The first-order valence-corrected chi connectivity index (χ1v) is 10.2. The molecule has 2 aromatic carbocycles. The highest BCUT2D eigenvalue weighted by atomic mass is 35.5. The number of hydrogen-bond acceptors (Lipinski definition) is 5. The first kappa shape index (κ1) is 20.5. The number of nitrogens with one attached hydrogen (secondary N) is 2. The molecule has 29 heavy (non-hydrogen) atoms. The third-order valence-electron chi connectivity index (χ3n) is 3.76. The molecule has 0 saturated heterocycles. The zero-order valence-electron chi connectivity index (χ0n) is 15.3. The fourth-order valence-corrected chi connectivity index (χ4v) is 3.80. The average Bonchev–Trinajstić information content (AvgIpc) is 3.22. The van der Waals surface area contributed by atoms with E-state index in [-0.39, 0.29) is 16.3 Å². The van der Waals surface area contributed by atoms with Gasteiger partial charge < -0.3 is 14.5 Å². The molecule has 0 aliphatic carbocycles. The molecule has 1 aromatic heterocycles. The molecule has 0 atom stereocenters. The zero-order chi connectivity index (χ0) is 20.9. The predicted octanol–water partition coefficient (Wildman–Crippen LogP) is 4.39. The quantitative estimate of drug-likeness (QED) is 0.539. The smallest absolute Gasteiger partial charge is 0.265 e. The fourth-order valence-electron chi connectivity index (χ4n) is 2.42. The zero-order valence-corrected chi connectivity index (χ0v) is 16.8. The summed E-state index contributed by atoms with van der Waals surface area (Å²) < 4.78 is 38.4. The van der Waals surface area contributed by atoms with E-state index in [1.54, 1.807) is 30.3 Å².